The highest BCUT2D eigenvalue weighted by Crippen LogP contribution is 2.35. The fourth-order valence-corrected chi connectivity index (χ4v) is 4.87. The number of anilines is 2. The standard InChI is InChI=1S/C30H28ClN3O6S/c1-4-39-25-13-20(10-12-24(25)40-17-28(36)33-23-8-6-5-7-19(23)3)14-26-29(37)34(30(38)41-26)16-27(35)32-21-11-9-18(2)22(31)15-21/h5-15H,4,16-17H2,1-3H3,(H,32,35)(H,33,36)/b26-14-. The van der Waals surface area contributed by atoms with Crippen LogP contribution in [0.4, 0.5) is 16.2 Å². The fourth-order valence-electron chi connectivity index (χ4n) is 3.85. The molecule has 0 atom stereocenters. The van der Waals surface area contributed by atoms with E-state index in [0.29, 0.717) is 40.1 Å². The summed E-state index contributed by atoms with van der Waals surface area (Å²) in [7, 11) is 0. The number of amides is 4. The normalized spacial score (nSPS) is 13.9. The van der Waals surface area contributed by atoms with E-state index in [9.17, 15) is 19.2 Å². The average molecular weight is 594 g/mol. The number of nitrogens with one attached hydrogen (secondary N) is 2. The number of benzene rings is 3. The molecule has 0 aliphatic carbocycles. The highest BCUT2D eigenvalue weighted by atomic mass is 35.5. The molecule has 2 N–H and O–H groups in total. The lowest BCUT2D eigenvalue weighted by Crippen LogP contribution is -2.36. The number of ether oxygens (including phenoxy) is 2. The molecule has 41 heavy (non-hydrogen) atoms. The number of imide groups is 1. The summed E-state index contributed by atoms with van der Waals surface area (Å²) >= 11 is 6.84. The number of rotatable bonds is 10. The zero-order valence-electron chi connectivity index (χ0n) is 22.7. The molecule has 1 aliphatic heterocycles. The lowest BCUT2D eigenvalue weighted by atomic mass is 10.2. The van der Waals surface area contributed by atoms with Gasteiger partial charge in [0.05, 0.1) is 11.5 Å². The molecule has 11 heteroatoms. The first-order valence-electron chi connectivity index (χ1n) is 12.7. The number of hydrogen-bond acceptors (Lipinski definition) is 7. The van der Waals surface area contributed by atoms with Crippen molar-refractivity contribution in [2.24, 2.45) is 0 Å². The van der Waals surface area contributed by atoms with Crippen molar-refractivity contribution in [1.29, 1.82) is 0 Å². The molecule has 1 saturated heterocycles. The minimum absolute atomic E-state index is 0.162. The van der Waals surface area contributed by atoms with Gasteiger partial charge in [-0.1, -0.05) is 41.9 Å². The van der Waals surface area contributed by atoms with Crippen molar-refractivity contribution in [2.45, 2.75) is 20.8 Å². The van der Waals surface area contributed by atoms with Crippen molar-refractivity contribution in [3.63, 3.8) is 0 Å². The third kappa shape index (κ3) is 7.68. The van der Waals surface area contributed by atoms with Crippen molar-refractivity contribution < 1.29 is 28.7 Å². The van der Waals surface area contributed by atoms with Crippen LogP contribution in [0.15, 0.2) is 65.6 Å². The lowest BCUT2D eigenvalue weighted by Gasteiger charge is -2.14. The maximum atomic E-state index is 13.0. The molecule has 1 aliphatic rings. The van der Waals surface area contributed by atoms with E-state index in [1.807, 2.05) is 45.0 Å². The van der Waals surface area contributed by atoms with E-state index in [-0.39, 0.29) is 17.4 Å². The number of para-hydroxylation sites is 1. The van der Waals surface area contributed by atoms with Crippen molar-refractivity contribution in [1.82, 2.24) is 4.90 Å². The molecule has 0 bridgehead atoms. The van der Waals surface area contributed by atoms with Gasteiger partial charge in [-0.25, -0.2) is 0 Å². The number of thioether (sulfide) groups is 1. The van der Waals surface area contributed by atoms with Gasteiger partial charge in [0, 0.05) is 16.4 Å². The number of aryl methyl sites for hydroxylation is 2. The van der Waals surface area contributed by atoms with Gasteiger partial charge < -0.3 is 20.1 Å². The van der Waals surface area contributed by atoms with E-state index in [0.717, 1.165) is 27.8 Å². The van der Waals surface area contributed by atoms with E-state index in [1.54, 1.807) is 42.5 Å². The summed E-state index contributed by atoms with van der Waals surface area (Å²) in [5.41, 5.74) is 3.53. The molecule has 0 aromatic heterocycles. The molecule has 4 amide bonds. The molecule has 212 valence electrons. The average Bonchev–Trinajstić information content (AvgIpc) is 3.19. The van der Waals surface area contributed by atoms with Crippen molar-refractivity contribution in [3.05, 3.63) is 87.3 Å². The van der Waals surface area contributed by atoms with Gasteiger partial charge in [-0.2, -0.15) is 0 Å². The van der Waals surface area contributed by atoms with Crippen LogP contribution < -0.4 is 20.1 Å². The molecule has 0 unspecified atom stereocenters. The number of carbonyl (C=O) groups is 4. The SMILES string of the molecule is CCOc1cc(/C=C2\SC(=O)N(CC(=O)Nc3ccc(C)c(Cl)c3)C2=O)ccc1OCC(=O)Nc1ccccc1C. The van der Waals surface area contributed by atoms with Crippen LogP contribution in [0.25, 0.3) is 6.08 Å². The van der Waals surface area contributed by atoms with Gasteiger partial charge in [-0.15, -0.1) is 0 Å². The summed E-state index contributed by atoms with van der Waals surface area (Å²) in [6.07, 6.45) is 1.54. The van der Waals surface area contributed by atoms with Crippen LogP contribution in [0.5, 0.6) is 11.5 Å². The molecule has 0 radical (unpaired) electrons. The molecule has 3 aromatic rings. The van der Waals surface area contributed by atoms with Gasteiger partial charge >= 0.3 is 0 Å². The lowest BCUT2D eigenvalue weighted by molar-refractivity contribution is -0.127. The summed E-state index contributed by atoms with van der Waals surface area (Å²) in [6.45, 7) is 5.21. The van der Waals surface area contributed by atoms with Crippen molar-refractivity contribution in [3.8, 4) is 11.5 Å². The Labute approximate surface area is 246 Å². The Hall–Kier alpha value is -4.28. The number of halogens is 1. The predicted molar refractivity (Wildman–Crippen MR) is 160 cm³/mol. The van der Waals surface area contributed by atoms with E-state index in [2.05, 4.69) is 10.6 Å². The van der Waals surface area contributed by atoms with Gasteiger partial charge in [-0.3, -0.25) is 24.1 Å². The predicted octanol–water partition coefficient (Wildman–Crippen LogP) is 6.05. The summed E-state index contributed by atoms with van der Waals surface area (Å²) in [5.74, 6) is -0.706. The van der Waals surface area contributed by atoms with Crippen LogP contribution in [0.2, 0.25) is 5.02 Å². The molecular weight excluding hydrogens is 566 g/mol. The van der Waals surface area contributed by atoms with E-state index in [1.165, 1.54) is 0 Å². The van der Waals surface area contributed by atoms with E-state index < -0.39 is 23.6 Å². The maximum absolute atomic E-state index is 13.0. The minimum atomic E-state index is -0.580. The fraction of sp³-hybridized carbons (Fsp3) is 0.200. The maximum Gasteiger partial charge on any atom is 0.294 e. The summed E-state index contributed by atoms with van der Waals surface area (Å²) < 4.78 is 11.4. The first kappa shape index (κ1) is 29.7. The second kappa shape index (κ2) is 13.4. The quantitative estimate of drug-likeness (QED) is 0.275. The summed E-state index contributed by atoms with van der Waals surface area (Å²) in [6, 6.07) is 17.4. The molecule has 1 heterocycles. The second-order valence-electron chi connectivity index (χ2n) is 9.07. The van der Waals surface area contributed by atoms with Gasteiger partial charge in [0.25, 0.3) is 17.1 Å². The topological polar surface area (TPSA) is 114 Å². The largest absolute Gasteiger partial charge is 0.490 e. The van der Waals surface area contributed by atoms with Gasteiger partial charge in [-0.05, 0) is 85.6 Å². The first-order valence-corrected chi connectivity index (χ1v) is 13.9. The molecule has 3 aromatic carbocycles. The van der Waals surface area contributed by atoms with Crippen molar-refractivity contribution in [2.75, 3.05) is 30.4 Å². The van der Waals surface area contributed by atoms with Crippen LogP contribution in [0, 0.1) is 13.8 Å². The monoisotopic (exact) mass is 593 g/mol. The molecule has 0 saturated carbocycles. The van der Waals surface area contributed by atoms with Crippen LogP contribution in [-0.2, 0) is 14.4 Å². The summed E-state index contributed by atoms with van der Waals surface area (Å²) in [5, 5.41) is 5.40. The van der Waals surface area contributed by atoms with Gasteiger partial charge in [0.2, 0.25) is 5.91 Å². The highest BCUT2D eigenvalue weighted by molar-refractivity contribution is 8.18. The Kier molecular flexibility index (Phi) is 9.69. The van der Waals surface area contributed by atoms with Crippen LogP contribution in [0.1, 0.15) is 23.6 Å². The van der Waals surface area contributed by atoms with Crippen molar-refractivity contribution >= 4 is 63.8 Å². The number of carbonyl (C=O) groups excluding carboxylic acids is 4. The third-order valence-corrected chi connectivity index (χ3v) is 7.29. The van der Waals surface area contributed by atoms with Crippen LogP contribution in [0.3, 0.4) is 0 Å². The zero-order chi connectivity index (χ0) is 29.5. The smallest absolute Gasteiger partial charge is 0.294 e. The third-order valence-electron chi connectivity index (χ3n) is 5.97. The zero-order valence-corrected chi connectivity index (χ0v) is 24.2. The van der Waals surface area contributed by atoms with Gasteiger partial charge in [0.15, 0.2) is 18.1 Å². The molecule has 0 spiro atoms. The Morgan fingerprint density at radius 1 is 0.927 bits per heavy atom. The van der Waals surface area contributed by atoms with Gasteiger partial charge in [0.1, 0.15) is 6.54 Å². The first-order chi connectivity index (χ1) is 19.6. The molecular formula is C30H28ClN3O6S. The minimum Gasteiger partial charge on any atom is -0.490 e. The number of nitrogens with zero attached hydrogens (tertiary/aromatic N) is 1. The second-order valence-corrected chi connectivity index (χ2v) is 10.5. The molecule has 9 nitrogen and oxygen atoms in total. The Bertz CT molecular complexity index is 1540. The van der Waals surface area contributed by atoms with E-state index in [4.69, 9.17) is 21.1 Å². The number of hydrogen-bond donors (Lipinski definition) is 2. The molecule has 1 fully saturated rings. The highest BCUT2D eigenvalue weighted by Gasteiger charge is 2.36. The van der Waals surface area contributed by atoms with Crippen LogP contribution >= 0.6 is 23.4 Å². The van der Waals surface area contributed by atoms with Crippen LogP contribution in [-0.4, -0.2) is 47.6 Å². The summed E-state index contributed by atoms with van der Waals surface area (Å²) in [4.78, 5) is 51.5. The molecule has 4 rings (SSSR count). The Morgan fingerprint density at radius 2 is 1.71 bits per heavy atom. The Balaban J connectivity index is 1.41. The van der Waals surface area contributed by atoms with E-state index >= 15 is 0 Å². The Morgan fingerprint density at radius 3 is 2.44 bits per heavy atom.